The van der Waals surface area contributed by atoms with Crippen LogP contribution < -0.4 is 15.4 Å². The lowest BCUT2D eigenvalue weighted by atomic mass is 10.1. The molecule has 0 bridgehead atoms. The largest absolute Gasteiger partial charge is 0.491 e. The summed E-state index contributed by atoms with van der Waals surface area (Å²) < 4.78 is 22.1. The number of aliphatic imine (C=N–C) groups is 1. The molecule has 0 spiro atoms. The van der Waals surface area contributed by atoms with Crippen molar-refractivity contribution >= 4 is 5.96 Å². The molecule has 2 N–H and O–H groups in total. The van der Waals surface area contributed by atoms with Crippen molar-refractivity contribution in [3.63, 3.8) is 0 Å². The first kappa shape index (κ1) is 23.4. The lowest BCUT2D eigenvalue weighted by Crippen LogP contribution is -2.38. The number of hydrogen-bond acceptors (Lipinski definition) is 5. The van der Waals surface area contributed by atoms with Crippen LogP contribution in [0.4, 0.5) is 0 Å². The van der Waals surface area contributed by atoms with E-state index in [1.807, 2.05) is 6.07 Å². The second kappa shape index (κ2) is 14.2. The Morgan fingerprint density at radius 3 is 2.90 bits per heavy atom. The van der Waals surface area contributed by atoms with E-state index in [0.29, 0.717) is 25.7 Å². The maximum atomic E-state index is 5.86. The fraction of sp³-hybridized carbons (Fsp3) is 0.682. The maximum Gasteiger partial charge on any atom is 0.191 e. The van der Waals surface area contributed by atoms with Gasteiger partial charge >= 0.3 is 0 Å². The van der Waals surface area contributed by atoms with Crippen molar-refractivity contribution in [2.24, 2.45) is 10.9 Å². The van der Waals surface area contributed by atoms with Crippen molar-refractivity contribution in [3.8, 4) is 5.75 Å². The summed E-state index contributed by atoms with van der Waals surface area (Å²) in [5, 5.41) is 6.67. The molecule has 1 unspecified atom stereocenters. The minimum atomic E-state index is 0.530. The summed E-state index contributed by atoms with van der Waals surface area (Å²) in [6, 6.07) is 6.21. The normalized spacial score (nSPS) is 16.8. The Morgan fingerprint density at radius 2 is 2.14 bits per heavy atom. The summed E-state index contributed by atoms with van der Waals surface area (Å²) in [6.07, 6.45) is 2.06. The van der Waals surface area contributed by atoms with E-state index in [1.54, 1.807) is 7.11 Å². The van der Waals surface area contributed by atoms with Crippen molar-refractivity contribution in [1.82, 2.24) is 10.6 Å². The highest BCUT2D eigenvalue weighted by Gasteiger charge is 2.15. The molecule has 7 heteroatoms. The van der Waals surface area contributed by atoms with Crippen LogP contribution in [0.5, 0.6) is 5.75 Å². The average Bonchev–Trinajstić information content (AvgIpc) is 3.23. The third kappa shape index (κ3) is 9.47. The third-order valence-corrected chi connectivity index (χ3v) is 4.65. The second-order valence-corrected chi connectivity index (χ2v) is 7.23. The number of nitrogens with one attached hydrogen (secondary N) is 2. The minimum absolute atomic E-state index is 0.530. The molecule has 1 aromatic rings. The molecule has 0 aliphatic carbocycles. The maximum absolute atomic E-state index is 5.86. The van der Waals surface area contributed by atoms with Crippen LogP contribution in [0.2, 0.25) is 0 Å². The molecule has 1 heterocycles. The second-order valence-electron chi connectivity index (χ2n) is 7.23. The molecule has 0 radical (unpaired) electrons. The first-order valence-electron chi connectivity index (χ1n) is 10.6. The molecule has 0 saturated carbocycles. The molecule has 2 rings (SSSR count). The summed E-state index contributed by atoms with van der Waals surface area (Å²) in [5.41, 5.74) is 2.23. The van der Waals surface area contributed by atoms with E-state index in [2.05, 4.69) is 36.6 Å². The van der Waals surface area contributed by atoms with E-state index >= 15 is 0 Å². The van der Waals surface area contributed by atoms with Gasteiger partial charge in [0.1, 0.15) is 12.4 Å². The zero-order valence-electron chi connectivity index (χ0n) is 18.2. The van der Waals surface area contributed by atoms with Gasteiger partial charge in [-0.15, -0.1) is 0 Å². The van der Waals surface area contributed by atoms with Gasteiger partial charge in [0.05, 0.1) is 26.4 Å². The Morgan fingerprint density at radius 1 is 1.24 bits per heavy atom. The van der Waals surface area contributed by atoms with E-state index in [1.165, 1.54) is 5.56 Å². The van der Waals surface area contributed by atoms with Crippen LogP contribution in [0, 0.1) is 12.8 Å². The Kier molecular flexibility index (Phi) is 11.5. The van der Waals surface area contributed by atoms with Gasteiger partial charge in [-0.1, -0.05) is 12.1 Å². The first-order chi connectivity index (χ1) is 14.2. The van der Waals surface area contributed by atoms with Crippen molar-refractivity contribution in [3.05, 3.63) is 29.3 Å². The van der Waals surface area contributed by atoms with Crippen molar-refractivity contribution in [1.29, 1.82) is 0 Å². The molecule has 1 aromatic carbocycles. The van der Waals surface area contributed by atoms with Crippen LogP contribution in [0.25, 0.3) is 0 Å². The van der Waals surface area contributed by atoms with Crippen LogP contribution in [0.1, 0.15) is 30.9 Å². The van der Waals surface area contributed by atoms with Gasteiger partial charge in [0.25, 0.3) is 0 Å². The number of hydrogen-bond donors (Lipinski definition) is 2. The van der Waals surface area contributed by atoms with E-state index in [0.717, 1.165) is 69.6 Å². The Balaban J connectivity index is 1.77. The summed E-state index contributed by atoms with van der Waals surface area (Å²) in [6.45, 7) is 10.7. The molecule has 1 saturated heterocycles. The van der Waals surface area contributed by atoms with Gasteiger partial charge in [0.15, 0.2) is 5.96 Å². The lowest BCUT2D eigenvalue weighted by molar-refractivity contribution is 0.0888. The van der Waals surface area contributed by atoms with Crippen molar-refractivity contribution in [2.45, 2.75) is 33.2 Å². The fourth-order valence-corrected chi connectivity index (χ4v) is 3.01. The van der Waals surface area contributed by atoms with E-state index in [4.69, 9.17) is 23.9 Å². The molecule has 29 heavy (non-hydrogen) atoms. The Hall–Kier alpha value is -1.83. The molecule has 164 valence electrons. The molecular weight excluding hydrogens is 370 g/mol. The SMILES string of the molecule is CCNC(=NCc1ccc(C)cc1OCCOC)NCCCOCC1CCOC1. The number of guanidine groups is 1. The number of methoxy groups -OCH3 is 1. The smallest absolute Gasteiger partial charge is 0.191 e. The molecule has 1 fully saturated rings. The molecule has 7 nitrogen and oxygen atoms in total. The van der Waals surface area contributed by atoms with E-state index in [-0.39, 0.29) is 0 Å². The number of nitrogens with zero attached hydrogens (tertiary/aromatic N) is 1. The molecule has 1 aliphatic rings. The Bertz CT molecular complexity index is 604. The summed E-state index contributed by atoms with van der Waals surface area (Å²) in [5.74, 6) is 2.24. The highest BCUT2D eigenvalue weighted by atomic mass is 16.5. The van der Waals surface area contributed by atoms with Gasteiger partial charge < -0.3 is 29.6 Å². The third-order valence-electron chi connectivity index (χ3n) is 4.65. The number of ether oxygens (including phenoxy) is 4. The summed E-state index contributed by atoms with van der Waals surface area (Å²) >= 11 is 0. The van der Waals surface area contributed by atoms with Crippen LogP contribution in [-0.2, 0) is 20.8 Å². The number of benzene rings is 1. The van der Waals surface area contributed by atoms with Crippen molar-refractivity contribution < 1.29 is 18.9 Å². The minimum Gasteiger partial charge on any atom is -0.491 e. The van der Waals surface area contributed by atoms with E-state index < -0.39 is 0 Å². The monoisotopic (exact) mass is 407 g/mol. The molecule has 0 aromatic heterocycles. The van der Waals surface area contributed by atoms with Gasteiger partial charge in [-0.05, 0) is 38.3 Å². The Labute approximate surface area is 175 Å². The predicted molar refractivity (Wildman–Crippen MR) is 116 cm³/mol. The standard InChI is InChI=1S/C22H37N3O4/c1-4-23-22(24-9-5-10-27-16-19-8-11-28-17-19)25-15-20-7-6-18(2)14-21(20)29-13-12-26-3/h6-7,14,19H,4-5,8-13,15-17H2,1-3H3,(H2,23,24,25). The zero-order valence-corrected chi connectivity index (χ0v) is 18.2. The number of rotatable bonds is 13. The van der Waals surface area contributed by atoms with Crippen LogP contribution in [0.3, 0.4) is 0 Å². The molecule has 1 aliphatic heterocycles. The highest BCUT2D eigenvalue weighted by Crippen LogP contribution is 2.21. The van der Waals surface area contributed by atoms with Crippen LogP contribution in [0.15, 0.2) is 23.2 Å². The highest BCUT2D eigenvalue weighted by molar-refractivity contribution is 5.79. The number of aryl methyl sites for hydroxylation is 1. The molecule has 0 amide bonds. The van der Waals surface area contributed by atoms with Crippen LogP contribution in [-0.4, -0.2) is 65.8 Å². The van der Waals surface area contributed by atoms with Gasteiger partial charge in [-0.2, -0.15) is 0 Å². The van der Waals surface area contributed by atoms with Gasteiger partial charge in [-0.25, -0.2) is 4.99 Å². The van der Waals surface area contributed by atoms with Crippen molar-refractivity contribution in [2.75, 3.05) is 59.8 Å². The fourth-order valence-electron chi connectivity index (χ4n) is 3.01. The topological polar surface area (TPSA) is 73.3 Å². The van der Waals surface area contributed by atoms with Gasteiger partial charge in [0, 0.05) is 44.9 Å². The van der Waals surface area contributed by atoms with E-state index in [9.17, 15) is 0 Å². The zero-order chi connectivity index (χ0) is 20.7. The quantitative estimate of drug-likeness (QED) is 0.297. The average molecular weight is 408 g/mol. The first-order valence-corrected chi connectivity index (χ1v) is 10.6. The predicted octanol–water partition coefficient (Wildman–Crippen LogP) is 2.52. The molecular formula is C22H37N3O4. The van der Waals surface area contributed by atoms with Crippen LogP contribution >= 0.6 is 0 Å². The van der Waals surface area contributed by atoms with Gasteiger partial charge in [0.2, 0.25) is 0 Å². The lowest BCUT2D eigenvalue weighted by Gasteiger charge is -2.14. The summed E-state index contributed by atoms with van der Waals surface area (Å²) in [7, 11) is 1.67. The summed E-state index contributed by atoms with van der Waals surface area (Å²) in [4.78, 5) is 4.71. The molecule has 1 atom stereocenters. The van der Waals surface area contributed by atoms with Gasteiger partial charge in [-0.3, -0.25) is 0 Å².